The lowest BCUT2D eigenvalue weighted by atomic mass is 9.86. The molecule has 1 heterocycles. The molecule has 3 nitrogen and oxygen atoms in total. The maximum absolute atomic E-state index is 6.16. The van der Waals surface area contributed by atoms with E-state index in [1.165, 1.54) is 44.1 Å². The van der Waals surface area contributed by atoms with Crippen LogP contribution in [0.15, 0.2) is 29.5 Å². The van der Waals surface area contributed by atoms with Crippen LogP contribution in [0.5, 0.6) is 0 Å². The Morgan fingerprint density at radius 3 is 2.76 bits per heavy atom. The van der Waals surface area contributed by atoms with E-state index < -0.39 is 0 Å². The highest BCUT2D eigenvalue weighted by molar-refractivity contribution is 5.81. The van der Waals surface area contributed by atoms with Crippen molar-refractivity contribution in [1.29, 1.82) is 0 Å². The molecule has 0 spiro atoms. The molecular weight excluding hydrogens is 310 g/mol. The first-order chi connectivity index (χ1) is 12.0. The number of ether oxygens (including phenoxy) is 1. The summed E-state index contributed by atoms with van der Waals surface area (Å²) < 4.78 is 6.16. The Labute approximate surface area is 155 Å². The minimum atomic E-state index is -0.0707. The highest BCUT2D eigenvalue weighted by Gasteiger charge is 2.32. The molecule has 0 aliphatic carbocycles. The monoisotopic (exact) mass is 349 g/mol. The zero-order valence-corrected chi connectivity index (χ0v) is 17.0. The molecular formula is C22H39NO2. The van der Waals surface area contributed by atoms with Crippen molar-refractivity contribution in [1.82, 2.24) is 0 Å². The number of allylic oxidation sites excluding steroid dienone is 2. The molecule has 1 aliphatic heterocycles. The van der Waals surface area contributed by atoms with Gasteiger partial charge in [-0.3, -0.25) is 0 Å². The van der Waals surface area contributed by atoms with Crippen molar-refractivity contribution in [3.05, 3.63) is 24.3 Å². The molecule has 1 rings (SSSR count). The van der Waals surface area contributed by atoms with Crippen LogP contribution in [-0.2, 0) is 9.57 Å². The highest BCUT2D eigenvalue weighted by atomic mass is 16.7. The molecule has 0 N–H and O–H groups in total. The summed E-state index contributed by atoms with van der Waals surface area (Å²) in [4.78, 5) is 5.47. The summed E-state index contributed by atoms with van der Waals surface area (Å²) in [6.07, 6.45) is 16.2. The quantitative estimate of drug-likeness (QED) is 0.270. The fraction of sp³-hybridized carbons (Fsp3) is 0.773. The average Bonchev–Trinajstić information content (AvgIpc) is 2.61. The summed E-state index contributed by atoms with van der Waals surface area (Å²) in [6, 6.07) is 0. The average molecular weight is 350 g/mol. The van der Waals surface area contributed by atoms with Gasteiger partial charge in [0.2, 0.25) is 5.90 Å². The number of nitrogens with zero attached hydrogens (tertiary/aromatic N) is 1. The van der Waals surface area contributed by atoms with E-state index in [1.807, 2.05) is 6.08 Å². The Morgan fingerprint density at radius 1 is 1.24 bits per heavy atom. The van der Waals surface area contributed by atoms with Crippen LogP contribution in [0, 0.1) is 5.41 Å². The van der Waals surface area contributed by atoms with Gasteiger partial charge >= 0.3 is 0 Å². The topological polar surface area (TPSA) is 30.8 Å². The van der Waals surface area contributed by atoms with Crippen molar-refractivity contribution in [2.75, 3.05) is 6.61 Å². The Bertz CT molecular complexity index is 437. The fourth-order valence-corrected chi connectivity index (χ4v) is 3.02. The van der Waals surface area contributed by atoms with Crippen LogP contribution < -0.4 is 0 Å². The minimum absolute atomic E-state index is 0.0707. The molecule has 144 valence electrons. The van der Waals surface area contributed by atoms with Crippen LogP contribution in [0.25, 0.3) is 0 Å². The maximum Gasteiger partial charge on any atom is 0.231 e. The van der Waals surface area contributed by atoms with Gasteiger partial charge in [0.1, 0.15) is 6.10 Å². The zero-order valence-electron chi connectivity index (χ0n) is 17.0. The van der Waals surface area contributed by atoms with Crippen molar-refractivity contribution < 1.29 is 9.57 Å². The molecule has 0 saturated carbocycles. The first kappa shape index (κ1) is 21.8. The molecule has 1 unspecified atom stereocenters. The molecule has 0 aromatic carbocycles. The maximum atomic E-state index is 6.16. The van der Waals surface area contributed by atoms with E-state index in [9.17, 15) is 0 Å². The second kappa shape index (κ2) is 12.2. The summed E-state index contributed by atoms with van der Waals surface area (Å²) in [5.41, 5.74) is 1.39. The van der Waals surface area contributed by atoms with Gasteiger partial charge in [-0.05, 0) is 39.0 Å². The van der Waals surface area contributed by atoms with Crippen LogP contribution in [0.1, 0.15) is 91.9 Å². The Balaban J connectivity index is 2.39. The first-order valence-corrected chi connectivity index (χ1v) is 10.1. The first-order valence-electron chi connectivity index (χ1n) is 10.1. The predicted octanol–water partition coefficient (Wildman–Crippen LogP) is 6.79. The van der Waals surface area contributed by atoms with E-state index in [1.54, 1.807) is 0 Å². The van der Waals surface area contributed by atoms with Gasteiger partial charge in [0, 0.05) is 11.8 Å². The van der Waals surface area contributed by atoms with Crippen molar-refractivity contribution in [2.24, 2.45) is 10.6 Å². The van der Waals surface area contributed by atoms with Crippen LogP contribution in [0.4, 0.5) is 0 Å². The predicted molar refractivity (Wildman–Crippen MR) is 108 cm³/mol. The number of hydrogen-bond acceptors (Lipinski definition) is 3. The lowest BCUT2D eigenvalue weighted by Gasteiger charge is -2.31. The van der Waals surface area contributed by atoms with Gasteiger partial charge in [-0.15, -0.1) is 6.58 Å². The summed E-state index contributed by atoms with van der Waals surface area (Å²) in [5.74, 6) is 0.761. The van der Waals surface area contributed by atoms with Gasteiger partial charge in [-0.1, -0.05) is 69.3 Å². The van der Waals surface area contributed by atoms with Gasteiger partial charge in [0.15, 0.2) is 6.61 Å². The van der Waals surface area contributed by atoms with Crippen molar-refractivity contribution in [2.45, 2.75) is 98.0 Å². The summed E-state index contributed by atoms with van der Waals surface area (Å²) >= 11 is 0. The largest absolute Gasteiger partial charge is 0.471 e. The number of oxime groups is 1. The highest BCUT2D eigenvalue weighted by Crippen LogP contribution is 2.29. The molecule has 0 fully saturated rings. The molecule has 0 aromatic rings. The Hall–Kier alpha value is -1.25. The number of hydrogen-bond donors (Lipinski definition) is 0. The van der Waals surface area contributed by atoms with Crippen LogP contribution in [0.3, 0.4) is 0 Å². The molecule has 0 bridgehead atoms. The van der Waals surface area contributed by atoms with Gasteiger partial charge in [-0.2, -0.15) is 0 Å². The van der Waals surface area contributed by atoms with Gasteiger partial charge in [0.25, 0.3) is 0 Å². The smallest absolute Gasteiger partial charge is 0.231 e. The Kier molecular flexibility index (Phi) is 10.6. The van der Waals surface area contributed by atoms with Crippen LogP contribution >= 0.6 is 0 Å². The third-order valence-electron chi connectivity index (χ3n) is 4.88. The molecule has 0 amide bonds. The molecule has 0 saturated heterocycles. The van der Waals surface area contributed by atoms with E-state index in [2.05, 4.69) is 45.5 Å². The van der Waals surface area contributed by atoms with Crippen LogP contribution in [0.2, 0.25) is 0 Å². The van der Waals surface area contributed by atoms with Gasteiger partial charge in [0.05, 0.1) is 0 Å². The number of rotatable bonds is 13. The molecule has 3 heteroatoms. The van der Waals surface area contributed by atoms with E-state index in [0.29, 0.717) is 6.61 Å². The van der Waals surface area contributed by atoms with Crippen molar-refractivity contribution in [3.63, 3.8) is 0 Å². The van der Waals surface area contributed by atoms with E-state index in [4.69, 9.17) is 9.57 Å². The van der Waals surface area contributed by atoms with E-state index in [0.717, 1.165) is 31.6 Å². The van der Waals surface area contributed by atoms with E-state index in [-0.39, 0.29) is 11.5 Å². The summed E-state index contributed by atoms with van der Waals surface area (Å²) in [7, 11) is 0. The third kappa shape index (κ3) is 9.13. The molecule has 1 atom stereocenters. The number of unbranched alkanes of at least 4 members (excludes halogenated alkanes) is 5. The van der Waals surface area contributed by atoms with E-state index >= 15 is 0 Å². The second-order valence-corrected chi connectivity index (χ2v) is 7.95. The zero-order chi connectivity index (χ0) is 18.5. The molecule has 1 aliphatic rings. The SMILES string of the molecule is C=CCCCCC(C)(C)C1=NOCC(C/C=C(/C)CCCCCC)O1. The molecule has 25 heavy (non-hydrogen) atoms. The lowest BCUT2D eigenvalue weighted by Crippen LogP contribution is -2.36. The van der Waals surface area contributed by atoms with Crippen molar-refractivity contribution in [3.8, 4) is 0 Å². The molecule has 0 aromatic heterocycles. The third-order valence-corrected chi connectivity index (χ3v) is 4.88. The fourth-order valence-electron chi connectivity index (χ4n) is 3.02. The summed E-state index contributed by atoms with van der Waals surface area (Å²) in [6.45, 7) is 13.2. The van der Waals surface area contributed by atoms with Gasteiger partial charge in [-0.25, -0.2) is 0 Å². The summed E-state index contributed by atoms with van der Waals surface area (Å²) in [5, 5.41) is 4.20. The Morgan fingerprint density at radius 2 is 2.04 bits per heavy atom. The molecule has 0 radical (unpaired) electrons. The second-order valence-electron chi connectivity index (χ2n) is 7.95. The minimum Gasteiger partial charge on any atom is -0.471 e. The standard InChI is InChI=1S/C22H39NO2/c1-6-8-10-12-14-19(3)15-16-20-18-24-23-21(25-20)22(4,5)17-13-11-9-7-2/h7,15,20H,2,6,8-14,16-18H2,1,3-5H3/b19-15-. The van der Waals surface area contributed by atoms with Crippen LogP contribution in [-0.4, -0.2) is 18.6 Å². The normalized spacial score (nSPS) is 18.3. The van der Waals surface area contributed by atoms with Gasteiger partial charge < -0.3 is 9.57 Å². The lowest BCUT2D eigenvalue weighted by molar-refractivity contribution is -0.00167. The van der Waals surface area contributed by atoms with Crippen molar-refractivity contribution >= 4 is 5.90 Å².